The van der Waals surface area contributed by atoms with Gasteiger partial charge in [-0.2, -0.15) is 5.90 Å². The Morgan fingerprint density at radius 3 is 1.80 bits per heavy atom. The summed E-state index contributed by atoms with van der Waals surface area (Å²) in [7, 11) is 0. The molecule has 0 radical (unpaired) electrons. The van der Waals surface area contributed by atoms with Crippen molar-refractivity contribution in [3.8, 4) is 5.75 Å². The maximum atomic E-state index is 11.4. The topological polar surface area (TPSA) is 72.5 Å². The Bertz CT molecular complexity index is 472. The van der Waals surface area contributed by atoms with E-state index in [-0.39, 0.29) is 17.3 Å². The fourth-order valence-corrected chi connectivity index (χ4v) is 2.15. The van der Waals surface area contributed by atoms with Gasteiger partial charge in [0.1, 0.15) is 5.75 Å². The van der Waals surface area contributed by atoms with Crippen LogP contribution in [-0.2, 0) is 26.9 Å². The summed E-state index contributed by atoms with van der Waals surface area (Å²) in [6, 6.07) is 3.70. The second kappa shape index (κ2) is 5.44. The molecule has 1 aromatic rings. The highest BCUT2D eigenvalue weighted by Gasteiger charge is 2.26. The highest BCUT2D eigenvalue weighted by Crippen LogP contribution is 2.39. The molecule has 0 amide bonds. The van der Waals surface area contributed by atoms with Crippen molar-refractivity contribution in [1.82, 2.24) is 0 Å². The van der Waals surface area contributed by atoms with Gasteiger partial charge in [0.15, 0.2) is 0 Å². The van der Waals surface area contributed by atoms with Crippen molar-refractivity contribution in [2.24, 2.45) is 5.90 Å². The number of phenols is 1. The van der Waals surface area contributed by atoms with E-state index in [0.717, 1.165) is 16.7 Å². The summed E-state index contributed by atoms with van der Waals surface area (Å²) in [4.78, 5) is 15.6. The Balaban J connectivity index is 3.46. The van der Waals surface area contributed by atoms with Crippen molar-refractivity contribution >= 4 is 5.97 Å². The molecule has 112 valence electrons. The molecular weight excluding hydrogens is 254 g/mol. The zero-order chi connectivity index (χ0) is 15.7. The van der Waals surface area contributed by atoms with Crippen molar-refractivity contribution < 1.29 is 14.7 Å². The minimum atomic E-state index is -0.490. The van der Waals surface area contributed by atoms with E-state index in [0.29, 0.717) is 5.75 Å². The first kappa shape index (κ1) is 16.5. The van der Waals surface area contributed by atoms with E-state index in [4.69, 9.17) is 5.90 Å². The van der Waals surface area contributed by atoms with Crippen LogP contribution in [0, 0.1) is 0 Å². The lowest BCUT2D eigenvalue weighted by molar-refractivity contribution is -0.143. The Labute approximate surface area is 120 Å². The van der Waals surface area contributed by atoms with Crippen LogP contribution < -0.4 is 5.90 Å². The lowest BCUT2D eigenvalue weighted by Crippen LogP contribution is -2.19. The fourth-order valence-electron chi connectivity index (χ4n) is 2.15. The predicted octanol–water partition coefficient (Wildman–Crippen LogP) is 2.95. The standard InChI is InChI=1S/C16H25NO3/c1-15(2,3)11-7-10(9-13(18)20-17)8-12(14(11)19)16(4,5)6/h7-8,19H,9,17H2,1-6H3. The Morgan fingerprint density at radius 2 is 1.50 bits per heavy atom. The van der Waals surface area contributed by atoms with Gasteiger partial charge in [0, 0.05) is 0 Å². The molecule has 1 rings (SSSR count). The Kier molecular flexibility index (Phi) is 4.49. The number of hydrogen-bond donors (Lipinski definition) is 2. The number of aromatic hydroxyl groups is 1. The van der Waals surface area contributed by atoms with Crippen LogP contribution in [0.2, 0.25) is 0 Å². The molecule has 4 nitrogen and oxygen atoms in total. The van der Waals surface area contributed by atoms with E-state index in [1.54, 1.807) is 0 Å². The average molecular weight is 279 g/mol. The third kappa shape index (κ3) is 3.73. The second-order valence-corrected chi connectivity index (χ2v) is 7.21. The zero-order valence-electron chi connectivity index (χ0n) is 13.2. The number of carbonyl (C=O) groups is 1. The van der Waals surface area contributed by atoms with Gasteiger partial charge in [-0.25, -0.2) is 0 Å². The highest BCUT2D eigenvalue weighted by molar-refractivity contribution is 5.72. The molecule has 0 atom stereocenters. The van der Waals surface area contributed by atoms with Gasteiger partial charge in [0.25, 0.3) is 0 Å². The van der Waals surface area contributed by atoms with Gasteiger partial charge in [-0.3, -0.25) is 4.79 Å². The molecule has 0 aromatic heterocycles. The molecule has 1 aromatic carbocycles. The van der Waals surface area contributed by atoms with Gasteiger partial charge in [-0.1, -0.05) is 53.7 Å². The average Bonchev–Trinajstić information content (AvgIpc) is 2.28. The molecule has 0 saturated heterocycles. The van der Waals surface area contributed by atoms with Crippen LogP contribution in [-0.4, -0.2) is 11.1 Å². The van der Waals surface area contributed by atoms with E-state index < -0.39 is 5.97 Å². The van der Waals surface area contributed by atoms with E-state index in [1.165, 1.54) is 0 Å². The number of benzene rings is 1. The van der Waals surface area contributed by atoms with Crippen LogP contribution in [0.1, 0.15) is 58.2 Å². The molecule has 0 fully saturated rings. The van der Waals surface area contributed by atoms with Crippen LogP contribution in [0.25, 0.3) is 0 Å². The van der Waals surface area contributed by atoms with Crippen LogP contribution in [0.3, 0.4) is 0 Å². The van der Waals surface area contributed by atoms with E-state index in [9.17, 15) is 9.90 Å². The Hall–Kier alpha value is -1.55. The quantitative estimate of drug-likeness (QED) is 0.816. The van der Waals surface area contributed by atoms with E-state index in [2.05, 4.69) is 4.84 Å². The summed E-state index contributed by atoms with van der Waals surface area (Å²) >= 11 is 0. The maximum absolute atomic E-state index is 11.4. The van der Waals surface area contributed by atoms with Gasteiger partial charge in [0.05, 0.1) is 6.42 Å². The van der Waals surface area contributed by atoms with Gasteiger partial charge < -0.3 is 9.94 Å². The van der Waals surface area contributed by atoms with Gasteiger partial charge >= 0.3 is 5.97 Å². The maximum Gasteiger partial charge on any atom is 0.328 e. The van der Waals surface area contributed by atoms with Crippen LogP contribution in [0.15, 0.2) is 12.1 Å². The third-order valence-electron chi connectivity index (χ3n) is 3.27. The molecular formula is C16H25NO3. The number of rotatable bonds is 2. The molecule has 0 aliphatic carbocycles. The molecule has 0 spiro atoms. The number of nitrogens with two attached hydrogens (primary N) is 1. The molecule has 20 heavy (non-hydrogen) atoms. The first-order chi connectivity index (χ1) is 8.96. The summed E-state index contributed by atoms with van der Waals surface area (Å²) in [5.41, 5.74) is 2.02. The number of hydrogen-bond acceptors (Lipinski definition) is 4. The molecule has 0 saturated carbocycles. The second-order valence-electron chi connectivity index (χ2n) is 7.21. The van der Waals surface area contributed by atoms with Crippen LogP contribution >= 0.6 is 0 Å². The highest BCUT2D eigenvalue weighted by atomic mass is 16.7. The summed E-state index contributed by atoms with van der Waals surface area (Å²) in [5.74, 6) is 4.71. The van der Waals surface area contributed by atoms with E-state index in [1.807, 2.05) is 53.7 Å². The van der Waals surface area contributed by atoms with Gasteiger partial charge in [0.2, 0.25) is 0 Å². The summed E-state index contributed by atoms with van der Waals surface area (Å²) in [5, 5.41) is 10.5. The first-order valence-electron chi connectivity index (χ1n) is 6.73. The summed E-state index contributed by atoms with van der Waals surface area (Å²) in [6.07, 6.45) is 0.100. The van der Waals surface area contributed by atoms with Crippen molar-refractivity contribution in [2.75, 3.05) is 0 Å². The lowest BCUT2D eigenvalue weighted by atomic mass is 9.78. The normalized spacial score (nSPS) is 12.3. The SMILES string of the molecule is CC(C)(C)c1cc(CC(=O)ON)cc(C(C)(C)C)c1O. The lowest BCUT2D eigenvalue weighted by Gasteiger charge is -2.28. The largest absolute Gasteiger partial charge is 0.507 e. The molecule has 0 unspecified atom stereocenters. The third-order valence-corrected chi connectivity index (χ3v) is 3.27. The van der Waals surface area contributed by atoms with Gasteiger partial charge in [-0.15, -0.1) is 0 Å². The zero-order valence-corrected chi connectivity index (χ0v) is 13.2. The summed E-state index contributed by atoms with van der Waals surface area (Å²) in [6.45, 7) is 12.2. The molecule has 0 bridgehead atoms. The minimum absolute atomic E-state index is 0.100. The minimum Gasteiger partial charge on any atom is -0.507 e. The predicted molar refractivity (Wildman–Crippen MR) is 79.5 cm³/mol. The van der Waals surface area contributed by atoms with Gasteiger partial charge in [-0.05, 0) is 27.5 Å². The van der Waals surface area contributed by atoms with Crippen molar-refractivity contribution in [3.05, 3.63) is 28.8 Å². The number of carbonyl (C=O) groups excluding carboxylic acids is 1. The molecule has 3 N–H and O–H groups in total. The smallest absolute Gasteiger partial charge is 0.328 e. The van der Waals surface area contributed by atoms with Crippen molar-refractivity contribution in [1.29, 1.82) is 0 Å². The van der Waals surface area contributed by atoms with Crippen molar-refractivity contribution in [2.45, 2.75) is 58.8 Å². The first-order valence-corrected chi connectivity index (χ1v) is 6.73. The molecule has 0 aliphatic heterocycles. The molecule has 0 aliphatic rings. The monoisotopic (exact) mass is 279 g/mol. The number of phenolic OH excluding ortho intramolecular Hbond substituents is 1. The van der Waals surface area contributed by atoms with Crippen molar-refractivity contribution in [3.63, 3.8) is 0 Å². The van der Waals surface area contributed by atoms with Crippen LogP contribution in [0.5, 0.6) is 5.75 Å². The molecule has 4 heteroatoms. The Morgan fingerprint density at radius 1 is 1.10 bits per heavy atom. The van der Waals surface area contributed by atoms with E-state index >= 15 is 0 Å². The summed E-state index contributed by atoms with van der Waals surface area (Å²) < 4.78 is 0. The fraction of sp³-hybridized carbons (Fsp3) is 0.562. The van der Waals surface area contributed by atoms with Crippen LogP contribution in [0.4, 0.5) is 0 Å². The molecule has 0 heterocycles.